The highest BCUT2D eigenvalue weighted by Gasteiger charge is 2.32. The molecule has 0 spiro atoms. The number of sulfonamides is 1. The van der Waals surface area contributed by atoms with E-state index in [4.69, 9.17) is 4.74 Å². The van der Waals surface area contributed by atoms with E-state index in [1.807, 2.05) is 0 Å². The number of anilines is 2. The number of carbonyl (C=O) groups is 1. The summed E-state index contributed by atoms with van der Waals surface area (Å²) in [6.07, 6.45) is -4.22. The van der Waals surface area contributed by atoms with E-state index in [9.17, 15) is 26.4 Å². The summed E-state index contributed by atoms with van der Waals surface area (Å²) in [6.45, 7) is 4.53. The average Bonchev–Trinajstić information content (AvgIpc) is 2.79. The van der Waals surface area contributed by atoms with Crippen LogP contribution in [0.15, 0.2) is 47.4 Å². The topological polar surface area (TPSA) is 79.0 Å². The monoisotopic (exact) mass is 485 g/mol. The highest BCUT2D eigenvalue weighted by molar-refractivity contribution is 7.89. The largest absolute Gasteiger partial charge is 0.492 e. The van der Waals surface area contributed by atoms with E-state index in [-0.39, 0.29) is 49.1 Å². The molecular weight excluding hydrogens is 459 g/mol. The highest BCUT2D eigenvalue weighted by Crippen LogP contribution is 2.33. The van der Waals surface area contributed by atoms with Gasteiger partial charge in [-0.1, -0.05) is 13.0 Å². The molecule has 3 rings (SSSR count). The number of amides is 1. The summed E-state index contributed by atoms with van der Waals surface area (Å²) in [4.78, 5) is 13.6. The summed E-state index contributed by atoms with van der Waals surface area (Å²) in [7, 11) is -3.88. The molecule has 0 aliphatic carbocycles. The molecule has 1 N–H and O–H groups in total. The number of hydrogen-bond donors (Lipinski definition) is 1. The lowest BCUT2D eigenvalue weighted by Gasteiger charge is -2.35. The Labute approximate surface area is 191 Å². The minimum absolute atomic E-state index is 0.00451. The van der Waals surface area contributed by atoms with Gasteiger partial charge in [0.15, 0.2) is 0 Å². The maximum atomic E-state index is 13.2. The van der Waals surface area contributed by atoms with Gasteiger partial charge in [-0.2, -0.15) is 17.5 Å². The van der Waals surface area contributed by atoms with Crippen LogP contribution in [0.1, 0.15) is 25.8 Å². The Hall–Kier alpha value is -2.79. The van der Waals surface area contributed by atoms with Crippen molar-refractivity contribution in [2.45, 2.75) is 31.3 Å². The number of alkyl halides is 3. The number of halogens is 3. The predicted molar refractivity (Wildman–Crippen MR) is 119 cm³/mol. The molecule has 0 radical (unpaired) electrons. The molecule has 1 heterocycles. The van der Waals surface area contributed by atoms with Crippen molar-refractivity contribution >= 4 is 27.3 Å². The van der Waals surface area contributed by atoms with Crippen molar-refractivity contribution in [1.29, 1.82) is 0 Å². The molecule has 0 saturated carbocycles. The Bertz CT molecular complexity index is 1100. The van der Waals surface area contributed by atoms with Crippen molar-refractivity contribution in [3.63, 3.8) is 0 Å². The van der Waals surface area contributed by atoms with Crippen LogP contribution in [-0.4, -0.2) is 51.4 Å². The fourth-order valence-electron chi connectivity index (χ4n) is 3.50. The predicted octanol–water partition coefficient (Wildman–Crippen LogP) is 3.96. The van der Waals surface area contributed by atoms with Crippen molar-refractivity contribution in [3.05, 3.63) is 48.0 Å². The van der Waals surface area contributed by atoms with Crippen LogP contribution in [0.4, 0.5) is 24.5 Å². The molecule has 7 nitrogen and oxygen atoms in total. The molecule has 1 saturated heterocycles. The van der Waals surface area contributed by atoms with Crippen LogP contribution in [0.2, 0.25) is 0 Å². The standard InChI is InChI=1S/C22H26F3N3O4S/c1-3-21(29)26-19-15-18(8-9-20(19)32-4-2)33(30,31)28-12-10-27(11-13-28)17-7-5-6-16(14-17)22(23,24)25/h5-9,14-15H,3-4,10-13H2,1-2H3,(H,26,29). The van der Waals surface area contributed by atoms with E-state index in [1.165, 1.54) is 28.6 Å². The summed E-state index contributed by atoms with van der Waals surface area (Å²) in [5.74, 6) is 0.0906. The minimum Gasteiger partial charge on any atom is -0.492 e. The van der Waals surface area contributed by atoms with Gasteiger partial charge >= 0.3 is 6.18 Å². The molecule has 2 aromatic rings. The minimum atomic E-state index is -4.44. The first-order chi connectivity index (χ1) is 15.6. The third-order valence-corrected chi connectivity index (χ3v) is 7.16. The second kappa shape index (κ2) is 10.0. The van der Waals surface area contributed by atoms with E-state index in [0.29, 0.717) is 18.0 Å². The van der Waals surface area contributed by atoms with Crippen LogP contribution in [0.5, 0.6) is 5.75 Å². The number of nitrogens with zero attached hydrogens (tertiary/aromatic N) is 2. The maximum absolute atomic E-state index is 13.2. The lowest BCUT2D eigenvalue weighted by molar-refractivity contribution is -0.137. The SMILES string of the molecule is CCOc1ccc(S(=O)(=O)N2CCN(c3cccc(C(F)(F)F)c3)CC2)cc1NC(=O)CC. The molecule has 1 amide bonds. The van der Waals surface area contributed by atoms with Crippen LogP contribution in [0.3, 0.4) is 0 Å². The molecule has 11 heteroatoms. The van der Waals surface area contributed by atoms with Gasteiger partial charge in [0.05, 0.1) is 22.8 Å². The molecule has 0 atom stereocenters. The lowest BCUT2D eigenvalue weighted by Crippen LogP contribution is -2.48. The Kier molecular flexibility index (Phi) is 7.53. The van der Waals surface area contributed by atoms with Crippen LogP contribution in [-0.2, 0) is 21.0 Å². The fourth-order valence-corrected chi connectivity index (χ4v) is 4.95. The first-order valence-electron chi connectivity index (χ1n) is 10.5. The number of piperazine rings is 1. The first-order valence-corrected chi connectivity index (χ1v) is 12.0. The van der Waals surface area contributed by atoms with E-state index < -0.39 is 21.8 Å². The Morgan fingerprint density at radius 2 is 1.76 bits per heavy atom. The molecule has 2 aromatic carbocycles. The Morgan fingerprint density at radius 1 is 1.06 bits per heavy atom. The van der Waals surface area contributed by atoms with Crippen molar-refractivity contribution < 1.29 is 31.1 Å². The summed E-state index contributed by atoms with van der Waals surface area (Å²) in [5.41, 5.74) is -0.0778. The molecule has 0 unspecified atom stereocenters. The number of rotatable bonds is 7. The zero-order valence-corrected chi connectivity index (χ0v) is 19.2. The quantitative estimate of drug-likeness (QED) is 0.642. The number of carbonyl (C=O) groups excluding carboxylic acids is 1. The van der Waals surface area contributed by atoms with Gasteiger partial charge in [0.1, 0.15) is 5.75 Å². The Balaban J connectivity index is 1.77. The number of hydrogen-bond acceptors (Lipinski definition) is 5. The smallest absolute Gasteiger partial charge is 0.416 e. The van der Waals surface area contributed by atoms with Gasteiger partial charge in [-0.25, -0.2) is 8.42 Å². The van der Waals surface area contributed by atoms with Crippen LogP contribution < -0.4 is 15.0 Å². The van der Waals surface area contributed by atoms with Gasteiger partial charge in [-0.05, 0) is 43.3 Å². The normalized spacial score (nSPS) is 15.4. The first kappa shape index (κ1) is 24.8. The molecule has 0 bridgehead atoms. The average molecular weight is 486 g/mol. The summed E-state index contributed by atoms with van der Waals surface area (Å²) in [5, 5.41) is 2.66. The van der Waals surface area contributed by atoms with Crippen molar-refractivity contribution in [2.24, 2.45) is 0 Å². The lowest BCUT2D eigenvalue weighted by atomic mass is 10.1. The van der Waals surface area contributed by atoms with Crippen molar-refractivity contribution in [1.82, 2.24) is 4.31 Å². The molecule has 1 fully saturated rings. The summed E-state index contributed by atoms with van der Waals surface area (Å²) >= 11 is 0. The van der Waals surface area contributed by atoms with Gasteiger partial charge in [-0.3, -0.25) is 4.79 Å². The zero-order valence-electron chi connectivity index (χ0n) is 18.4. The van der Waals surface area contributed by atoms with Crippen LogP contribution >= 0.6 is 0 Å². The van der Waals surface area contributed by atoms with Gasteiger partial charge in [-0.15, -0.1) is 0 Å². The fraction of sp³-hybridized carbons (Fsp3) is 0.409. The van der Waals surface area contributed by atoms with E-state index >= 15 is 0 Å². The van der Waals surface area contributed by atoms with E-state index in [0.717, 1.165) is 12.1 Å². The number of ether oxygens (including phenoxy) is 1. The molecule has 1 aliphatic heterocycles. The molecule has 33 heavy (non-hydrogen) atoms. The summed E-state index contributed by atoms with van der Waals surface area (Å²) < 4.78 is 72.2. The summed E-state index contributed by atoms with van der Waals surface area (Å²) in [6, 6.07) is 9.28. The molecular formula is C22H26F3N3O4S. The third-order valence-electron chi connectivity index (χ3n) is 5.26. The van der Waals surface area contributed by atoms with Crippen LogP contribution in [0.25, 0.3) is 0 Å². The molecule has 180 valence electrons. The second-order valence-corrected chi connectivity index (χ2v) is 9.37. The van der Waals surface area contributed by atoms with E-state index in [1.54, 1.807) is 24.8 Å². The Morgan fingerprint density at radius 3 is 2.36 bits per heavy atom. The molecule has 0 aromatic heterocycles. The van der Waals surface area contributed by atoms with E-state index in [2.05, 4.69) is 5.32 Å². The van der Waals surface area contributed by atoms with Crippen molar-refractivity contribution in [3.8, 4) is 5.75 Å². The zero-order chi connectivity index (χ0) is 24.2. The third kappa shape index (κ3) is 5.77. The maximum Gasteiger partial charge on any atom is 0.416 e. The highest BCUT2D eigenvalue weighted by atomic mass is 32.2. The van der Waals surface area contributed by atoms with Gasteiger partial charge < -0.3 is 15.0 Å². The van der Waals surface area contributed by atoms with Crippen molar-refractivity contribution in [2.75, 3.05) is 43.0 Å². The van der Waals surface area contributed by atoms with Gasteiger partial charge in [0, 0.05) is 38.3 Å². The number of nitrogens with one attached hydrogen (secondary N) is 1. The number of benzene rings is 2. The van der Waals surface area contributed by atoms with Crippen LogP contribution in [0, 0.1) is 0 Å². The van der Waals surface area contributed by atoms with Gasteiger partial charge in [0.2, 0.25) is 15.9 Å². The second-order valence-electron chi connectivity index (χ2n) is 7.43. The van der Waals surface area contributed by atoms with Gasteiger partial charge in [0.25, 0.3) is 0 Å². The molecule has 1 aliphatic rings.